The Kier molecular flexibility index (Phi) is 6.49. The molecule has 0 spiro atoms. The number of aliphatic carboxylic acids is 1. The van der Waals surface area contributed by atoms with Crippen LogP contribution in [0.25, 0.3) is 0 Å². The van der Waals surface area contributed by atoms with Crippen molar-refractivity contribution in [3.8, 4) is 0 Å². The van der Waals surface area contributed by atoms with Gasteiger partial charge in [-0.25, -0.2) is 9.59 Å². The maximum absolute atomic E-state index is 11.3. The number of amides is 2. The molecule has 104 valence electrons. The number of nitrogens with one attached hydrogen (secondary N) is 2. The molecule has 1 aliphatic carbocycles. The smallest absolute Gasteiger partial charge is 0.332 e. The largest absolute Gasteiger partial charge is 0.479 e. The molecule has 1 aliphatic rings. The van der Waals surface area contributed by atoms with Crippen molar-refractivity contribution in [3.05, 3.63) is 0 Å². The van der Waals surface area contributed by atoms with Gasteiger partial charge in [0.2, 0.25) is 0 Å². The van der Waals surface area contributed by atoms with Gasteiger partial charge in [0.25, 0.3) is 0 Å². The van der Waals surface area contributed by atoms with Gasteiger partial charge in [-0.15, -0.1) is 0 Å². The minimum absolute atomic E-state index is 0.0192. The van der Waals surface area contributed by atoms with Crippen LogP contribution in [0.2, 0.25) is 0 Å². The van der Waals surface area contributed by atoms with Crippen molar-refractivity contribution in [2.75, 3.05) is 13.1 Å². The average Bonchev–Trinajstić information content (AvgIpc) is 2.81. The molecule has 1 saturated carbocycles. The maximum atomic E-state index is 11.3. The molecule has 18 heavy (non-hydrogen) atoms. The van der Waals surface area contributed by atoms with Crippen LogP contribution in [0.3, 0.4) is 0 Å². The van der Waals surface area contributed by atoms with Crippen molar-refractivity contribution in [2.24, 2.45) is 5.92 Å². The molecule has 0 bridgehead atoms. The minimum atomic E-state index is -1.41. The van der Waals surface area contributed by atoms with E-state index in [1.807, 2.05) is 0 Å². The van der Waals surface area contributed by atoms with Gasteiger partial charge in [-0.05, 0) is 12.3 Å². The Morgan fingerprint density at radius 2 is 1.78 bits per heavy atom. The van der Waals surface area contributed by atoms with Crippen LogP contribution in [0.5, 0.6) is 0 Å². The summed E-state index contributed by atoms with van der Waals surface area (Å²) >= 11 is 0. The second-order valence-corrected chi connectivity index (χ2v) is 4.76. The van der Waals surface area contributed by atoms with E-state index < -0.39 is 12.1 Å². The first-order valence-electron chi connectivity index (χ1n) is 6.52. The zero-order valence-electron chi connectivity index (χ0n) is 10.5. The maximum Gasteiger partial charge on any atom is 0.332 e. The van der Waals surface area contributed by atoms with Gasteiger partial charge >= 0.3 is 12.0 Å². The highest BCUT2D eigenvalue weighted by molar-refractivity contribution is 5.74. The molecule has 0 aromatic heterocycles. The van der Waals surface area contributed by atoms with E-state index in [0.29, 0.717) is 6.54 Å². The van der Waals surface area contributed by atoms with Gasteiger partial charge in [-0.1, -0.05) is 25.7 Å². The highest BCUT2D eigenvalue weighted by atomic mass is 16.4. The van der Waals surface area contributed by atoms with Gasteiger partial charge < -0.3 is 20.8 Å². The third-order valence-electron chi connectivity index (χ3n) is 3.30. The number of carboxylic acid groups (broad SMARTS) is 1. The van der Waals surface area contributed by atoms with E-state index in [1.165, 1.54) is 25.7 Å². The molecule has 0 aromatic rings. The Bertz CT molecular complexity index is 277. The predicted molar refractivity (Wildman–Crippen MR) is 66.2 cm³/mol. The first kappa shape index (κ1) is 14.8. The van der Waals surface area contributed by atoms with Crippen molar-refractivity contribution in [1.29, 1.82) is 0 Å². The summed E-state index contributed by atoms with van der Waals surface area (Å²) in [5.74, 6) is -0.530. The molecule has 0 heterocycles. The van der Waals surface area contributed by atoms with E-state index in [0.717, 1.165) is 12.3 Å². The summed E-state index contributed by atoms with van der Waals surface area (Å²) in [4.78, 5) is 21.6. The van der Waals surface area contributed by atoms with Crippen molar-refractivity contribution >= 4 is 12.0 Å². The lowest BCUT2D eigenvalue weighted by atomic mass is 10.0. The molecule has 0 radical (unpaired) electrons. The number of hydrogen-bond acceptors (Lipinski definition) is 3. The van der Waals surface area contributed by atoms with Crippen LogP contribution in [0.4, 0.5) is 4.79 Å². The SMILES string of the molecule is O=C(NCCC1CCCC1)NCC[C@H](O)C(=O)O. The molecule has 0 aliphatic heterocycles. The molecule has 6 nitrogen and oxygen atoms in total. The number of hydrogen-bond donors (Lipinski definition) is 4. The average molecular weight is 258 g/mol. The van der Waals surface area contributed by atoms with Crippen LogP contribution < -0.4 is 10.6 Å². The Morgan fingerprint density at radius 1 is 1.17 bits per heavy atom. The van der Waals surface area contributed by atoms with Crippen LogP contribution >= 0.6 is 0 Å². The molecule has 2 amide bonds. The molecule has 1 atom stereocenters. The van der Waals surface area contributed by atoms with Gasteiger partial charge in [-0.3, -0.25) is 0 Å². The zero-order chi connectivity index (χ0) is 13.4. The van der Waals surface area contributed by atoms with Crippen molar-refractivity contribution in [3.63, 3.8) is 0 Å². The number of urea groups is 1. The third kappa shape index (κ3) is 5.86. The summed E-state index contributed by atoms with van der Waals surface area (Å²) in [6, 6.07) is -0.300. The molecule has 1 rings (SSSR count). The first-order chi connectivity index (χ1) is 8.59. The first-order valence-corrected chi connectivity index (χ1v) is 6.52. The van der Waals surface area contributed by atoms with Crippen LogP contribution in [-0.4, -0.2) is 41.4 Å². The molecular weight excluding hydrogens is 236 g/mol. The van der Waals surface area contributed by atoms with Crippen LogP contribution in [-0.2, 0) is 4.79 Å². The number of carbonyl (C=O) groups is 2. The predicted octanol–water partition coefficient (Wildman–Crippen LogP) is 0.701. The van der Waals surface area contributed by atoms with Crippen LogP contribution in [0.1, 0.15) is 38.5 Å². The van der Waals surface area contributed by atoms with Gasteiger partial charge in [0.1, 0.15) is 0 Å². The number of carboxylic acids is 1. The third-order valence-corrected chi connectivity index (χ3v) is 3.30. The highest BCUT2D eigenvalue weighted by Crippen LogP contribution is 2.26. The van der Waals surface area contributed by atoms with E-state index in [4.69, 9.17) is 10.2 Å². The Balaban J connectivity index is 1.98. The fourth-order valence-corrected chi connectivity index (χ4v) is 2.20. The topological polar surface area (TPSA) is 98.7 Å². The lowest BCUT2D eigenvalue weighted by Gasteiger charge is -2.11. The van der Waals surface area contributed by atoms with Crippen LogP contribution in [0, 0.1) is 5.92 Å². The van der Waals surface area contributed by atoms with E-state index in [2.05, 4.69) is 10.6 Å². The van der Waals surface area contributed by atoms with Gasteiger partial charge in [0.15, 0.2) is 6.10 Å². The van der Waals surface area contributed by atoms with E-state index >= 15 is 0 Å². The number of aliphatic hydroxyl groups excluding tert-OH is 1. The Morgan fingerprint density at radius 3 is 2.39 bits per heavy atom. The van der Waals surface area contributed by atoms with Crippen LogP contribution in [0.15, 0.2) is 0 Å². The van der Waals surface area contributed by atoms with Crippen molar-refractivity contribution in [1.82, 2.24) is 10.6 Å². The quantitative estimate of drug-likeness (QED) is 0.540. The number of carbonyl (C=O) groups excluding carboxylic acids is 1. The number of rotatable bonds is 7. The minimum Gasteiger partial charge on any atom is -0.479 e. The lowest BCUT2D eigenvalue weighted by molar-refractivity contribution is -0.146. The summed E-state index contributed by atoms with van der Waals surface area (Å²) in [7, 11) is 0. The molecular formula is C12H22N2O4. The normalized spacial score (nSPS) is 17.4. The van der Waals surface area contributed by atoms with E-state index in [9.17, 15) is 9.59 Å². The van der Waals surface area contributed by atoms with Gasteiger partial charge in [0, 0.05) is 19.5 Å². The number of aliphatic hydroxyl groups is 1. The monoisotopic (exact) mass is 258 g/mol. The Labute approximate surface area is 107 Å². The van der Waals surface area contributed by atoms with Crippen molar-refractivity contribution < 1.29 is 19.8 Å². The second-order valence-electron chi connectivity index (χ2n) is 4.76. The van der Waals surface area contributed by atoms with Gasteiger partial charge in [0.05, 0.1) is 0 Å². The standard InChI is InChI=1S/C12H22N2O4/c15-10(11(16)17)6-8-14-12(18)13-7-5-9-3-1-2-4-9/h9-10,15H,1-8H2,(H,16,17)(H2,13,14,18)/t10-/m0/s1. The summed E-state index contributed by atoms with van der Waals surface area (Å²) in [5, 5.41) is 22.7. The zero-order valence-corrected chi connectivity index (χ0v) is 10.5. The van der Waals surface area contributed by atoms with E-state index in [-0.39, 0.29) is 19.0 Å². The summed E-state index contributed by atoms with van der Waals surface area (Å²) in [5.41, 5.74) is 0. The van der Waals surface area contributed by atoms with Crippen molar-refractivity contribution in [2.45, 2.75) is 44.6 Å². The summed E-state index contributed by atoms with van der Waals surface area (Å²) in [6.07, 6.45) is 4.72. The fourth-order valence-electron chi connectivity index (χ4n) is 2.20. The second kappa shape index (κ2) is 7.92. The molecule has 4 N–H and O–H groups in total. The molecule has 1 fully saturated rings. The molecule has 0 aromatic carbocycles. The molecule has 0 unspecified atom stereocenters. The van der Waals surface area contributed by atoms with Gasteiger partial charge in [-0.2, -0.15) is 0 Å². The molecule has 0 saturated heterocycles. The highest BCUT2D eigenvalue weighted by Gasteiger charge is 2.15. The Hall–Kier alpha value is -1.30. The fraction of sp³-hybridized carbons (Fsp3) is 0.833. The summed E-state index contributed by atoms with van der Waals surface area (Å²) < 4.78 is 0. The lowest BCUT2D eigenvalue weighted by Crippen LogP contribution is -2.38. The van der Waals surface area contributed by atoms with E-state index in [1.54, 1.807) is 0 Å². The molecule has 6 heteroatoms. The summed E-state index contributed by atoms with van der Waals surface area (Å²) in [6.45, 7) is 0.806.